The molecule has 0 radical (unpaired) electrons. The van der Waals surface area contributed by atoms with Gasteiger partial charge in [0.05, 0.1) is 32.1 Å². The van der Waals surface area contributed by atoms with E-state index in [-0.39, 0.29) is 10.8 Å². The molecule has 4 aromatic rings. The average Bonchev–Trinajstić information content (AvgIpc) is 3.20. The summed E-state index contributed by atoms with van der Waals surface area (Å²) in [5.41, 5.74) is 3.34. The van der Waals surface area contributed by atoms with Crippen LogP contribution in [0.25, 0.3) is 16.9 Å². The van der Waals surface area contributed by atoms with Crippen molar-refractivity contribution in [3.05, 3.63) is 77.1 Å². The van der Waals surface area contributed by atoms with Gasteiger partial charge in [0.15, 0.2) is 15.5 Å². The van der Waals surface area contributed by atoms with Gasteiger partial charge in [-0.2, -0.15) is 5.26 Å². The Hall–Kier alpha value is -3.34. The van der Waals surface area contributed by atoms with Crippen molar-refractivity contribution >= 4 is 27.1 Å². The molecule has 2 aromatic heterocycles. The van der Waals surface area contributed by atoms with E-state index in [2.05, 4.69) is 6.07 Å². The zero-order valence-corrected chi connectivity index (χ0v) is 20.9. The molecule has 0 spiro atoms. The molecule has 0 fully saturated rings. The van der Waals surface area contributed by atoms with Crippen LogP contribution < -0.4 is 4.74 Å². The minimum absolute atomic E-state index is 0.0833. The van der Waals surface area contributed by atoms with E-state index >= 15 is 0 Å². The van der Waals surface area contributed by atoms with Crippen LogP contribution in [0.2, 0.25) is 5.02 Å². The number of benzene rings is 2. The van der Waals surface area contributed by atoms with E-state index in [0.29, 0.717) is 33.3 Å². The Balaban J connectivity index is 1.82. The van der Waals surface area contributed by atoms with Crippen molar-refractivity contribution in [3.63, 3.8) is 0 Å². The smallest absolute Gasteiger partial charge is 0.180 e. The molecule has 0 aliphatic heterocycles. The van der Waals surface area contributed by atoms with Crippen molar-refractivity contribution in [2.24, 2.45) is 0 Å². The second-order valence-corrected chi connectivity index (χ2v) is 11.5. The number of sulfone groups is 1. The lowest BCUT2D eigenvalue weighted by Crippen LogP contribution is -2.13. The minimum Gasteiger partial charge on any atom is -0.457 e. The van der Waals surface area contributed by atoms with Crippen LogP contribution >= 0.6 is 11.6 Å². The molecular weight excluding hydrogens is 470 g/mol. The van der Waals surface area contributed by atoms with Gasteiger partial charge in [0.25, 0.3) is 0 Å². The molecule has 4 rings (SSSR count). The molecule has 0 atom stereocenters. The highest BCUT2D eigenvalue weighted by Crippen LogP contribution is 2.38. The fourth-order valence-electron chi connectivity index (χ4n) is 3.72. The number of halogens is 1. The van der Waals surface area contributed by atoms with Crippen molar-refractivity contribution in [2.75, 3.05) is 0 Å². The van der Waals surface area contributed by atoms with Crippen LogP contribution in [-0.4, -0.2) is 23.1 Å². The number of imidazole rings is 1. The third-order valence-electron chi connectivity index (χ3n) is 5.53. The number of aromatic nitrogens is 2. The Kier molecular flexibility index (Phi) is 6.39. The number of nitrogens with zero attached hydrogens (tertiary/aromatic N) is 3. The Morgan fingerprint density at radius 2 is 1.76 bits per heavy atom. The van der Waals surface area contributed by atoms with Crippen molar-refractivity contribution in [2.45, 2.75) is 43.8 Å². The fourth-order valence-corrected chi connectivity index (χ4v) is 5.02. The summed E-state index contributed by atoms with van der Waals surface area (Å²) in [5.74, 6) is 0.989. The predicted octanol–water partition coefficient (Wildman–Crippen LogP) is 6.62. The quantitative estimate of drug-likeness (QED) is 0.301. The predicted molar refractivity (Wildman–Crippen MR) is 133 cm³/mol. The second kappa shape index (κ2) is 9.13. The maximum Gasteiger partial charge on any atom is 0.180 e. The van der Waals surface area contributed by atoms with Crippen molar-refractivity contribution in [1.29, 1.82) is 5.26 Å². The standard InChI is InChI=1S/C26H24ClN3O3S/c1-16(2)24-25(30-12-6-7-18(15-28)26(30)29-24)22-14-20(10-11-23(22)27)33-19-8-5-9-21(13-19)34(31,32)17(3)4/h5-14,16-17H,1-4H3. The van der Waals surface area contributed by atoms with Gasteiger partial charge in [-0.25, -0.2) is 13.4 Å². The molecule has 0 unspecified atom stereocenters. The largest absolute Gasteiger partial charge is 0.457 e. The normalized spacial score (nSPS) is 11.8. The average molecular weight is 494 g/mol. The molecule has 0 amide bonds. The van der Waals surface area contributed by atoms with Gasteiger partial charge in [0.1, 0.15) is 17.6 Å². The number of pyridine rings is 1. The highest BCUT2D eigenvalue weighted by atomic mass is 35.5. The third-order valence-corrected chi connectivity index (χ3v) is 8.01. The lowest BCUT2D eigenvalue weighted by Gasteiger charge is -2.13. The fraction of sp³-hybridized carbons (Fsp3) is 0.231. The summed E-state index contributed by atoms with van der Waals surface area (Å²) in [6.07, 6.45) is 1.86. The Labute approximate surface area is 204 Å². The van der Waals surface area contributed by atoms with Crippen LogP contribution in [0.3, 0.4) is 0 Å². The van der Waals surface area contributed by atoms with Gasteiger partial charge < -0.3 is 4.74 Å². The van der Waals surface area contributed by atoms with Crippen LogP contribution in [0.15, 0.2) is 65.7 Å². The first-order valence-electron chi connectivity index (χ1n) is 10.9. The number of hydrogen-bond acceptors (Lipinski definition) is 5. The summed E-state index contributed by atoms with van der Waals surface area (Å²) in [7, 11) is -3.43. The molecule has 2 heterocycles. The maximum absolute atomic E-state index is 12.6. The van der Waals surface area contributed by atoms with E-state index in [9.17, 15) is 13.7 Å². The second-order valence-electron chi connectivity index (χ2n) is 8.54. The van der Waals surface area contributed by atoms with Crippen LogP contribution in [0.5, 0.6) is 11.5 Å². The van der Waals surface area contributed by atoms with E-state index in [1.165, 1.54) is 6.07 Å². The highest BCUT2D eigenvalue weighted by Gasteiger charge is 2.22. The molecular formula is C26H24ClN3O3S. The lowest BCUT2D eigenvalue weighted by molar-refractivity contribution is 0.481. The Morgan fingerprint density at radius 3 is 2.44 bits per heavy atom. The van der Waals surface area contributed by atoms with E-state index in [0.717, 1.165) is 11.4 Å². The zero-order valence-electron chi connectivity index (χ0n) is 19.3. The van der Waals surface area contributed by atoms with Crippen LogP contribution in [-0.2, 0) is 9.84 Å². The molecule has 0 N–H and O–H groups in total. The topological polar surface area (TPSA) is 84.5 Å². The van der Waals surface area contributed by atoms with Gasteiger partial charge in [0.2, 0.25) is 0 Å². The number of nitriles is 1. The van der Waals surface area contributed by atoms with Gasteiger partial charge in [-0.1, -0.05) is 31.5 Å². The summed E-state index contributed by atoms with van der Waals surface area (Å²) in [6.45, 7) is 7.36. The molecule has 0 aliphatic carbocycles. The summed E-state index contributed by atoms with van der Waals surface area (Å²) < 4.78 is 33.0. The van der Waals surface area contributed by atoms with Gasteiger partial charge in [-0.05, 0) is 68.3 Å². The molecule has 6 nitrogen and oxygen atoms in total. The van der Waals surface area contributed by atoms with Crippen molar-refractivity contribution in [3.8, 4) is 28.8 Å². The first-order chi connectivity index (χ1) is 16.1. The summed E-state index contributed by atoms with van der Waals surface area (Å²) in [4.78, 5) is 4.95. The third kappa shape index (κ3) is 4.27. The Morgan fingerprint density at radius 1 is 1.03 bits per heavy atom. The van der Waals surface area contributed by atoms with Gasteiger partial charge >= 0.3 is 0 Å². The lowest BCUT2D eigenvalue weighted by atomic mass is 10.0. The van der Waals surface area contributed by atoms with Crippen LogP contribution in [0.4, 0.5) is 0 Å². The summed E-state index contributed by atoms with van der Waals surface area (Å²) in [5, 5.41) is 9.50. The SMILES string of the molecule is CC(C)c1nc2c(C#N)cccn2c1-c1cc(Oc2cccc(S(=O)(=O)C(C)C)c2)ccc1Cl. The number of fused-ring (bicyclic) bond motifs is 1. The number of ether oxygens (including phenoxy) is 1. The molecule has 0 saturated carbocycles. The zero-order chi connectivity index (χ0) is 24.6. The van der Waals surface area contributed by atoms with Crippen LogP contribution in [0, 0.1) is 11.3 Å². The molecule has 0 bridgehead atoms. The van der Waals surface area contributed by atoms with Crippen molar-refractivity contribution < 1.29 is 13.2 Å². The van der Waals surface area contributed by atoms with E-state index in [1.54, 1.807) is 62.4 Å². The molecule has 8 heteroatoms. The Bertz CT molecular complexity index is 1530. The molecule has 2 aromatic carbocycles. The number of hydrogen-bond donors (Lipinski definition) is 0. The molecule has 34 heavy (non-hydrogen) atoms. The minimum atomic E-state index is -3.43. The first kappa shape index (κ1) is 23.8. The monoisotopic (exact) mass is 493 g/mol. The molecule has 174 valence electrons. The highest BCUT2D eigenvalue weighted by molar-refractivity contribution is 7.92. The van der Waals surface area contributed by atoms with E-state index < -0.39 is 15.1 Å². The molecule has 0 aliphatic rings. The van der Waals surface area contributed by atoms with E-state index in [4.69, 9.17) is 21.3 Å². The van der Waals surface area contributed by atoms with Crippen molar-refractivity contribution in [1.82, 2.24) is 9.38 Å². The summed E-state index contributed by atoms with van der Waals surface area (Å²) >= 11 is 6.62. The van der Waals surface area contributed by atoms with Gasteiger partial charge in [0, 0.05) is 11.8 Å². The first-order valence-corrected chi connectivity index (χ1v) is 12.8. The van der Waals surface area contributed by atoms with E-state index in [1.807, 2.05) is 24.4 Å². The molecule has 0 saturated heterocycles. The number of rotatable bonds is 6. The maximum atomic E-state index is 12.6. The van der Waals surface area contributed by atoms with Gasteiger partial charge in [-0.3, -0.25) is 4.40 Å². The van der Waals surface area contributed by atoms with Crippen LogP contribution in [0.1, 0.15) is 44.9 Å². The summed E-state index contributed by atoms with van der Waals surface area (Å²) in [6, 6.07) is 17.5. The van der Waals surface area contributed by atoms with Gasteiger partial charge in [-0.15, -0.1) is 0 Å².